The molecule has 0 saturated heterocycles. The largest absolute Gasteiger partial charge is 0.301 e. The number of nitrogens with zero attached hydrogens (tertiary/aromatic N) is 1. The van der Waals surface area contributed by atoms with Crippen molar-refractivity contribution >= 4 is 15.9 Å². The molecule has 0 aliphatic carbocycles. The molecule has 0 spiro atoms. The van der Waals surface area contributed by atoms with Crippen LogP contribution < -0.4 is 5.32 Å². The summed E-state index contributed by atoms with van der Waals surface area (Å²) < 4.78 is 1.10. The Morgan fingerprint density at radius 1 is 1.16 bits per heavy atom. The minimum Gasteiger partial charge on any atom is -0.301 e. The average Bonchev–Trinajstić information content (AvgIpc) is 2.40. The molecule has 1 atom stereocenters. The SMILES string of the molecule is CC(NC(C)(C)c1ccc(Br)cc1)c1cccnc1. The van der Waals surface area contributed by atoms with Crippen LogP contribution in [-0.2, 0) is 5.54 Å². The Morgan fingerprint density at radius 2 is 1.84 bits per heavy atom. The second-order valence-corrected chi connectivity index (χ2v) is 6.20. The number of benzene rings is 1. The third-order valence-electron chi connectivity index (χ3n) is 3.33. The Bertz CT molecular complexity index is 520. The van der Waals surface area contributed by atoms with Gasteiger partial charge in [0.15, 0.2) is 0 Å². The van der Waals surface area contributed by atoms with Crippen LogP contribution in [0.1, 0.15) is 37.9 Å². The fourth-order valence-corrected chi connectivity index (χ4v) is 2.47. The Morgan fingerprint density at radius 3 is 2.42 bits per heavy atom. The van der Waals surface area contributed by atoms with Crippen molar-refractivity contribution in [2.45, 2.75) is 32.4 Å². The van der Waals surface area contributed by atoms with E-state index >= 15 is 0 Å². The second kappa shape index (κ2) is 5.85. The van der Waals surface area contributed by atoms with E-state index in [-0.39, 0.29) is 11.6 Å². The number of hydrogen-bond acceptors (Lipinski definition) is 2. The van der Waals surface area contributed by atoms with E-state index in [9.17, 15) is 0 Å². The van der Waals surface area contributed by atoms with Crippen molar-refractivity contribution in [3.05, 3.63) is 64.4 Å². The molecule has 0 fully saturated rings. The van der Waals surface area contributed by atoms with Gasteiger partial charge in [-0.3, -0.25) is 4.98 Å². The van der Waals surface area contributed by atoms with Crippen LogP contribution in [-0.4, -0.2) is 4.98 Å². The summed E-state index contributed by atoms with van der Waals surface area (Å²) in [7, 11) is 0. The fraction of sp³-hybridized carbons (Fsp3) is 0.312. The topological polar surface area (TPSA) is 24.9 Å². The van der Waals surface area contributed by atoms with Crippen molar-refractivity contribution in [3.8, 4) is 0 Å². The van der Waals surface area contributed by atoms with Crippen LogP contribution in [0, 0.1) is 0 Å². The molecule has 0 bridgehead atoms. The van der Waals surface area contributed by atoms with Gasteiger partial charge in [0.1, 0.15) is 0 Å². The summed E-state index contributed by atoms with van der Waals surface area (Å²) in [6.45, 7) is 6.56. The standard InChI is InChI=1S/C16H19BrN2/c1-12(13-5-4-10-18-11-13)19-16(2,3)14-6-8-15(17)9-7-14/h4-12,19H,1-3H3. The van der Waals surface area contributed by atoms with Gasteiger partial charge in [0.25, 0.3) is 0 Å². The van der Waals surface area contributed by atoms with E-state index in [4.69, 9.17) is 0 Å². The maximum atomic E-state index is 4.17. The van der Waals surface area contributed by atoms with Gasteiger partial charge >= 0.3 is 0 Å². The van der Waals surface area contributed by atoms with Gasteiger partial charge in [0, 0.05) is 28.4 Å². The number of hydrogen-bond donors (Lipinski definition) is 1. The van der Waals surface area contributed by atoms with Crippen molar-refractivity contribution in [1.82, 2.24) is 10.3 Å². The van der Waals surface area contributed by atoms with Crippen molar-refractivity contribution in [1.29, 1.82) is 0 Å². The lowest BCUT2D eigenvalue weighted by Gasteiger charge is -2.31. The molecule has 2 rings (SSSR count). The summed E-state index contributed by atoms with van der Waals surface area (Å²) in [4.78, 5) is 4.17. The van der Waals surface area contributed by atoms with Gasteiger partial charge in [-0.15, -0.1) is 0 Å². The first-order valence-corrected chi connectivity index (χ1v) is 7.22. The van der Waals surface area contributed by atoms with E-state index in [2.05, 4.69) is 77.3 Å². The normalized spacial score (nSPS) is 13.3. The lowest BCUT2D eigenvalue weighted by atomic mass is 9.92. The molecule has 0 radical (unpaired) electrons. The van der Waals surface area contributed by atoms with Gasteiger partial charge in [-0.05, 0) is 50.1 Å². The lowest BCUT2D eigenvalue weighted by Crippen LogP contribution is -2.38. The van der Waals surface area contributed by atoms with Gasteiger partial charge in [-0.2, -0.15) is 0 Å². The van der Waals surface area contributed by atoms with E-state index in [0.717, 1.165) is 4.47 Å². The maximum absolute atomic E-state index is 4.17. The van der Waals surface area contributed by atoms with E-state index < -0.39 is 0 Å². The van der Waals surface area contributed by atoms with Crippen LogP contribution in [0.3, 0.4) is 0 Å². The number of nitrogens with one attached hydrogen (secondary N) is 1. The fourth-order valence-electron chi connectivity index (χ4n) is 2.21. The first-order valence-electron chi connectivity index (χ1n) is 6.43. The quantitative estimate of drug-likeness (QED) is 0.902. The number of rotatable bonds is 4. The second-order valence-electron chi connectivity index (χ2n) is 5.28. The zero-order chi connectivity index (χ0) is 13.9. The summed E-state index contributed by atoms with van der Waals surface area (Å²) >= 11 is 3.47. The van der Waals surface area contributed by atoms with Crippen LogP contribution in [0.25, 0.3) is 0 Å². The molecule has 0 aliphatic rings. The van der Waals surface area contributed by atoms with Gasteiger partial charge < -0.3 is 5.32 Å². The van der Waals surface area contributed by atoms with Crippen molar-refractivity contribution in [3.63, 3.8) is 0 Å². The third-order valence-corrected chi connectivity index (χ3v) is 3.86. The highest BCUT2D eigenvalue weighted by molar-refractivity contribution is 9.10. The highest BCUT2D eigenvalue weighted by atomic mass is 79.9. The van der Waals surface area contributed by atoms with Gasteiger partial charge in [-0.1, -0.05) is 34.1 Å². The molecular formula is C16H19BrN2. The number of aromatic nitrogens is 1. The van der Waals surface area contributed by atoms with Crippen LogP contribution in [0.5, 0.6) is 0 Å². The predicted octanol–water partition coefficient (Wildman–Crippen LogP) is 4.43. The molecule has 1 aromatic carbocycles. The minimum atomic E-state index is -0.0873. The molecule has 1 aromatic heterocycles. The molecule has 1 N–H and O–H groups in total. The highest BCUT2D eigenvalue weighted by Gasteiger charge is 2.22. The van der Waals surface area contributed by atoms with Crippen LogP contribution in [0.2, 0.25) is 0 Å². The molecule has 3 heteroatoms. The predicted molar refractivity (Wildman–Crippen MR) is 83.0 cm³/mol. The Hall–Kier alpha value is -1.19. The lowest BCUT2D eigenvalue weighted by molar-refractivity contribution is 0.357. The van der Waals surface area contributed by atoms with Crippen LogP contribution in [0.4, 0.5) is 0 Å². The third kappa shape index (κ3) is 3.64. The molecule has 2 aromatic rings. The summed E-state index contributed by atoms with van der Waals surface area (Å²) in [5.74, 6) is 0. The molecule has 0 amide bonds. The summed E-state index contributed by atoms with van der Waals surface area (Å²) in [6, 6.07) is 12.8. The Kier molecular flexibility index (Phi) is 4.38. The Labute approximate surface area is 123 Å². The molecule has 1 heterocycles. The first kappa shape index (κ1) is 14.2. The van der Waals surface area contributed by atoms with Gasteiger partial charge in [0.2, 0.25) is 0 Å². The highest BCUT2D eigenvalue weighted by Crippen LogP contribution is 2.25. The van der Waals surface area contributed by atoms with E-state index in [0.29, 0.717) is 0 Å². The maximum Gasteiger partial charge on any atom is 0.0382 e. The van der Waals surface area contributed by atoms with E-state index in [1.165, 1.54) is 11.1 Å². The molecule has 100 valence electrons. The summed E-state index contributed by atoms with van der Waals surface area (Å²) in [5.41, 5.74) is 2.38. The van der Waals surface area contributed by atoms with Crippen molar-refractivity contribution in [2.75, 3.05) is 0 Å². The van der Waals surface area contributed by atoms with Gasteiger partial charge in [-0.25, -0.2) is 0 Å². The zero-order valence-electron chi connectivity index (χ0n) is 11.5. The van der Waals surface area contributed by atoms with E-state index in [1.807, 2.05) is 12.3 Å². The van der Waals surface area contributed by atoms with Crippen LogP contribution >= 0.6 is 15.9 Å². The number of halogens is 1. The molecule has 0 aliphatic heterocycles. The van der Waals surface area contributed by atoms with Crippen molar-refractivity contribution < 1.29 is 0 Å². The molecule has 2 nitrogen and oxygen atoms in total. The van der Waals surface area contributed by atoms with Crippen LogP contribution in [0.15, 0.2) is 53.3 Å². The van der Waals surface area contributed by atoms with Crippen molar-refractivity contribution in [2.24, 2.45) is 0 Å². The Balaban J connectivity index is 2.15. The minimum absolute atomic E-state index is 0.0873. The van der Waals surface area contributed by atoms with Gasteiger partial charge in [0.05, 0.1) is 0 Å². The summed E-state index contributed by atoms with van der Waals surface area (Å²) in [6.07, 6.45) is 3.71. The zero-order valence-corrected chi connectivity index (χ0v) is 13.1. The monoisotopic (exact) mass is 318 g/mol. The summed E-state index contributed by atoms with van der Waals surface area (Å²) in [5, 5.41) is 3.65. The molecule has 0 saturated carbocycles. The van der Waals surface area contributed by atoms with E-state index in [1.54, 1.807) is 6.20 Å². The molecule has 1 unspecified atom stereocenters. The number of pyridine rings is 1. The smallest absolute Gasteiger partial charge is 0.0382 e. The average molecular weight is 319 g/mol. The molecular weight excluding hydrogens is 300 g/mol. The first-order chi connectivity index (χ1) is 8.99. The molecule has 19 heavy (non-hydrogen) atoms.